The number of rotatable bonds is 7. The number of unbranched alkanes of at least 4 members (excludes halogenated alkanes) is 1. The molecule has 0 aliphatic heterocycles. The van der Waals surface area contributed by atoms with Gasteiger partial charge < -0.3 is 0 Å². The number of alkyl halides is 4. The molecule has 0 radical (unpaired) electrons. The van der Waals surface area contributed by atoms with Gasteiger partial charge in [0.05, 0.1) is 12.2 Å². The number of hydrogen-bond donors (Lipinski definition) is 0. The molecule has 0 amide bonds. The largest absolute Gasteiger partial charge is 0.416 e. The first-order valence-corrected chi connectivity index (χ1v) is 11.4. The lowest BCUT2D eigenvalue weighted by molar-refractivity contribution is -0.137. The molecule has 3 rings (SSSR count). The van der Waals surface area contributed by atoms with E-state index in [1.165, 1.54) is 50.7 Å². The molecule has 4 heteroatoms. The quantitative estimate of drug-likeness (QED) is 0.240. The van der Waals surface area contributed by atoms with Crippen LogP contribution in [0, 0.1) is 17.8 Å². The second kappa shape index (κ2) is 10.6. The molecule has 29 heavy (non-hydrogen) atoms. The van der Waals surface area contributed by atoms with Gasteiger partial charge >= 0.3 is 6.18 Å². The maximum absolute atomic E-state index is 12.7. The molecular weight excluding hydrogens is 376 g/mol. The average molecular weight is 411 g/mol. The van der Waals surface area contributed by atoms with Crippen molar-refractivity contribution in [3.05, 3.63) is 47.5 Å². The topological polar surface area (TPSA) is 0 Å². The van der Waals surface area contributed by atoms with Crippen molar-refractivity contribution in [2.75, 3.05) is 6.67 Å². The highest BCUT2D eigenvalue weighted by molar-refractivity contribution is 5.27. The zero-order valence-corrected chi connectivity index (χ0v) is 17.3. The van der Waals surface area contributed by atoms with Gasteiger partial charge in [0.1, 0.15) is 0 Å². The second-order valence-electron chi connectivity index (χ2n) is 9.05. The number of benzene rings is 1. The Morgan fingerprint density at radius 2 is 1.38 bits per heavy atom. The van der Waals surface area contributed by atoms with Crippen LogP contribution < -0.4 is 0 Å². The van der Waals surface area contributed by atoms with Crippen molar-refractivity contribution >= 4 is 0 Å². The van der Waals surface area contributed by atoms with Crippen LogP contribution in [0.5, 0.6) is 0 Å². The van der Waals surface area contributed by atoms with E-state index < -0.39 is 11.7 Å². The normalized spacial score (nSPS) is 28.7. The smallest absolute Gasteiger partial charge is 0.251 e. The molecule has 0 saturated heterocycles. The SMILES string of the molecule is FCCC/C=C/C[C@H]1CC[C@H](C2CCC(c3ccc(C(F)(F)F)cc3)CC2)CC1. The third kappa shape index (κ3) is 6.58. The highest BCUT2D eigenvalue weighted by Crippen LogP contribution is 2.44. The van der Waals surface area contributed by atoms with Crippen molar-refractivity contribution in [2.45, 2.75) is 82.7 Å². The summed E-state index contributed by atoms with van der Waals surface area (Å²) in [5.74, 6) is 2.83. The summed E-state index contributed by atoms with van der Waals surface area (Å²) < 4.78 is 50.3. The molecule has 162 valence electrons. The van der Waals surface area contributed by atoms with E-state index in [1.807, 2.05) is 0 Å². The van der Waals surface area contributed by atoms with E-state index in [0.29, 0.717) is 12.3 Å². The summed E-state index contributed by atoms with van der Waals surface area (Å²) >= 11 is 0. The van der Waals surface area contributed by atoms with Gasteiger partial charge in [0.25, 0.3) is 0 Å². The second-order valence-corrected chi connectivity index (χ2v) is 9.05. The first-order chi connectivity index (χ1) is 14.0. The summed E-state index contributed by atoms with van der Waals surface area (Å²) in [4.78, 5) is 0. The van der Waals surface area contributed by atoms with Gasteiger partial charge in [0.15, 0.2) is 0 Å². The fourth-order valence-electron chi connectivity index (χ4n) is 5.37. The molecule has 0 aromatic heterocycles. The third-order valence-electron chi connectivity index (χ3n) is 7.18. The van der Waals surface area contributed by atoms with Gasteiger partial charge in [-0.15, -0.1) is 0 Å². The molecule has 0 spiro atoms. The molecule has 0 atom stereocenters. The predicted octanol–water partition coefficient (Wildman–Crippen LogP) is 8.48. The minimum atomic E-state index is -4.25. The summed E-state index contributed by atoms with van der Waals surface area (Å²) in [6, 6.07) is 5.82. The fourth-order valence-corrected chi connectivity index (χ4v) is 5.37. The minimum Gasteiger partial charge on any atom is -0.251 e. The van der Waals surface area contributed by atoms with Crippen molar-refractivity contribution in [3.8, 4) is 0 Å². The van der Waals surface area contributed by atoms with Crippen LogP contribution in [0.1, 0.15) is 87.7 Å². The van der Waals surface area contributed by atoms with E-state index in [1.54, 1.807) is 12.1 Å². The summed E-state index contributed by atoms with van der Waals surface area (Å²) in [5, 5.41) is 0. The zero-order valence-electron chi connectivity index (χ0n) is 17.3. The van der Waals surface area contributed by atoms with Crippen LogP contribution in [0.3, 0.4) is 0 Å². The standard InChI is InChI=1S/C25H34F4/c26-18-4-2-1-3-5-19-6-8-20(9-7-19)21-10-12-22(13-11-21)23-14-16-24(17-15-23)25(27,28)29/h1,3,14-17,19-22H,2,4-13,18H2/b3-1+/t19-,20-,21?,22?. The Hall–Kier alpha value is -1.32. The molecule has 2 aliphatic carbocycles. The first-order valence-electron chi connectivity index (χ1n) is 11.4. The number of halogens is 4. The zero-order chi connectivity index (χ0) is 20.7. The van der Waals surface area contributed by atoms with Gasteiger partial charge in [-0.05, 0) is 112 Å². The van der Waals surface area contributed by atoms with Gasteiger partial charge in [0.2, 0.25) is 0 Å². The lowest BCUT2D eigenvalue weighted by atomic mass is 9.68. The Bertz CT molecular complexity index is 615. The molecule has 2 saturated carbocycles. The van der Waals surface area contributed by atoms with Crippen molar-refractivity contribution in [1.82, 2.24) is 0 Å². The van der Waals surface area contributed by atoms with Crippen molar-refractivity contribution in [3.63, 3.8) is 0 Å². The summed E-state index contributed by atoms with van der Waals surface area (Å²) in [7, 11) is 0. The fraction of sp³-hybridized carbons (Fsp3) is 0.680. The van der Waals surface area contributed by atoms with Crippen LogP contribution in [-0.2, 0) is 6.18 Å². The van der Waals surface area contributed by atoms with Crippen LogP contribution in [0.15, 0.2) is 36.4 Å². The third-order valence-corrected chi connectivity index (χ3v) is 7.18. The molecule has 0 nitrogen and oxygen atoms in total. The van der Waals surface area contributed by atoms with Gasteiger partial charge in [-0.25, -0.2) is 0 Å². The summed E-state index contributed by atoms with van der Waals surface area (Å²) in [6.07, 6.45) is 12.6. The highest BCUT2D eigenvalue weighted by atomic mass is 19.4. The number of allylic oxidation sites excluding steroid dienone is 2. The van der Waals surface area contributed by atoms with E-state index in [0.717, 1.165) is 49.0 Å². The maximum atomic E-state index is 12.7. The van der Waals surface area contributed by atoms with Crippen LogP contribution in [0.2, 0.25) is 0 Å². The Balaban J connectivity index is 1.39. The Morgan fingerprint density at radius 1 is 0.793 bits per heavy atom. The van der Waals surface area contributed by atoms with Crippen LogP contribution in [0.25, 0.3) is 0 Å². The monoisotopic (exact) mass is 410 g/mol. The lowest BCUT2D eigenvalue weighted by Crippen LogP contribution is -2.25. The Kier molecular flexibility index (Phi) is 8.20. The molecule has 1 aromatic carbocycles. The maximum Gasteiger partial charge on any atom is 0.416 e. The van der Waals surface area contributed by atoms with Crippen LogP contribution in [0.4, 0.5) is 17.6 Å². The van der Waals surface area contributed by atoms with E-state index in [-0.39, 0.29) is 6.67 Å². The van der Waals surface area contributed by atoms with E-state index in [4.69, 9.17) is 0 Å². The Morgan fingerprint density at radius 3 is 1.93 bits per heavy atom. The van der Waals surface area contributed by atoms with Gasteiger partial charge in [0, 0.05) is 0 Å². The van der Waals surface area contributed by atoms with Gasteiger partial charge in [-0.3, -0.25) is 4.39 Å². The molecule has 2 aliphatic rings. The predicted molar refractivity (Wildman–Crippen MR) is 111 cm³/mol. The molecule has 0 N–H and O–H groups in total. The minimum absolute atomic E-state index is 0.226. The molecule has 0 unspecified atom stereocenters. The lowest BCUT2D eigenvalue weighted by Gasteiger charge is -2.38. The van der Waals surface area contributed by atoms with Crippen molar-refractivity contribution in [2.24, 2.45) is 17.8 Å². The molecule has 0 bridgehead atoms. The van der Waals surface area contributed by atoms with Gasteiger partial charge in [-0.2, -0.15) is 13.2 Å². The Labute approximate surface area is 172 Å². The molecule has 1 aromatic rings. The molecular formula is C25H34F4. The van der Waals surface area contributed by atoms with E-state index >= 15 is 0 Å². The highest BCUT2D eigenvalue weighted by Gasteiger charge is 2.32. The van der Waals surface area contributed by atoms with Crippen molar-refractivity contribution in [1.29, 1.82) is 0 Å². The van der Waals surface area contributed by atoms with E-state index in [2.05, 4.69) is 12.2 Å². The molecule has 0 heterocycles. The van der Waals surface area contributed by atoms with Crippen LogP contribution in [-0.4, -0.2) is 6.67 Å². The van der Waals surface area contributed by atoms with Crippen LogP contribution >= 0.6 is 0 Å². The average Bonchev–Trinajstić information content (AvgIpc) is 2.74. The van der Waals surface area contributed by atoms with E-state index in [9.17, 15) is 17.6 Å². The van der Waals surface area contributed by atoms with Gasteiger partial charge in [-0.1, -0.05) is 24.3 Å². The number of hydrogen-bond acceptors (Lipinski definition) is 0. The summed E-state index contributed by atoms with van der Waals surface area (Å²) in [6.45, 7) is -0.226. The van der Waals surface area contributed by atoms with Crippen molar-refractivity contribution < 1.29 is 17.6 Å². The summed E-state index contributed by atoms with van der Waals surface area (Å²) in [5.41, 5.74) is 0.517. The first kappa shape index (κ1) is 22.4. The molecule has 2 fully saturated rings.